The molecule has 0 saturated carbocycles. The lowest BCUT2D eigenvalue weighted by Gasteiger charge is -2.34. The average Bonchev–Trinajstić information content (AvgIpc) is 3.20. The number of amides is 1. The normalized spacial score (nSPS) is 20.8. The van der Waals surface area contributed by atoms with Crippen molar-refractivity contribution >= 4 is 29.3 Å². The summed E-state index contributed by atoms with van der Waals surface area (Å²) in [5.41, 5.74) is 0.674. The molecule has 1 amide bonds. The van der Waals surface area contributed by atoms with Gasteiger partial charge in [-0.1, -0.05) is 17.7 Å². The molecule has 0 radical (unpaired) electrons. The van der Waals surface area contributed by atoms with Crippen molar-refractivity contribution in [1.82, 2.24) is 15.2 Å². The molecule has 35 heavy (non-hydrogen) atoms. The summed E-state index contributed by atoms with van der Waals surface area (Å²) < 4.78 is 31.7. The van der Waals surface area contributed by atoms with E-state index in [1.54, 1.807) is 30.5 Å². The lowest BCUT2D eigenvalue weighted by molar-refractivity contribution is -0.192. The lowest BCUT2D eigenvalue weighted by Crippen LogP contribution is -2.50. The number of carbonyl (C=O) groups is 2. The van der Waals surface area contributed by atoms with Crippen LogP contribution in [0.15, 0.2) is 48.7 Å². The molecule has 0 aliphatic carbocycles. The third-order valence-corrected chi connectivity index (χ3v) is 6.08. The summed E-state index contributed by atoms with van der Waals surface area (Å²) in [6.45, 7) is 2.75. The van der Waals surface area contributed by atoms with E-state index in [0.717, 1.165) is 25.2 Å². The summed E-state index contributed by atoms with van der Waals surface area (Å²) in [7, 11) is 0. The van der Waals surface area contributed by atoms with E-state index in [2.05, 4.69) is 15.2 Å². The van der Waals surface area contributed by atoms with Gasteiger partial charge in [-0.15, -0.1) is 0 Å². The first-order chi connectivity index (χ1) is 16.5. The maximum atomic E-state index is 12.6. The Hall–Kier alpha value is -2.89. The van der Waals surface area contributed by atoms with E-state index in [1.807, 2.05) is 23.1 Å². The Morgan fingerprint density at radius 3 is 2.23 bits per heavy atom. The maximum absolute atomic E-state index is 12.6. The summed E-state index contributed by atoms with van der Waals surface area (Å²) in [6, 6.07) is 13.2. The predicted molar refractivity (Wildman–Crippen MR) is 123 cm³/mol. The number of hydrogen-bond donors (Lipinski definition) is 3. The molecule has 0 spiro atoms. The topological polar surface area (TPSA) is 106 Å². The second-order valence-corrected chi connectivity index (χ2v) is 8.75. The number of aromatic nitrogens is 1. The van der Waals surface area contributed by atoms with Crippen molar-refractivity contribution in [3.8, 4) is 0 Å². The third-order valence-electron chi connectivity index (χ3n) is 5.83. The summed E-state index contributed by atoms with van der Waals surface area (Å²) in [4.78, 5) is 29.9. The Bertz CT molecular complexity index is 987. The molecule has 3 heterocycles. The van der Waals surface area contributed by atoms with Crippen LogP contribution in [0.3, 0.4) is 0 Å². The summed E-state index contributed by atoms with van der Waals surface area (Å²) in [5.74, 6) is -1.81. The number of rotatable bonds is 4. The molecule has 1 unspecified atom stereocenters. The van der Waals surface area contributed by atoms with E-state index in [1.165, 1.54) is 0 Å². The number of alkyl halides is 3. The minimum absolute atomic E-state index is 0.0190. The lowest BCUT2D eigenvalue weighted by atomic mass is 10.0. The van der Waals surface area contributed by atoms with Gasteiger partial charge in [-0.3, -0.25) is 4.79 Å². The van der Waals surface area contributed by atoms with E-state index in [4.69, 9.17) is 21.5 Å². The van der Waals surface area contributed by atoms with E-state index in [0.29, 0.717) is 36.3 Å². The molecule has 3 N–H and O–H groups in total. The van der Waals surface area contributed by atoms with Gasteiger partial charge in [0.25, 0.3) is 5.91 Å². The van der Waals surface area contributed by atoms with Gasteiger partial charge in [-0.2, -0.15) is 13.2 Å². The molecular formula is C23H26ClF3N4O4. The van der Waals surface area contributed by atoms with Crippen molar-refractivity contribution in [2.24, 2.45) is 0 Å². The van der Waals surface area contributed by atoms with Gasteiger partial charge in [-0.05, 0) is 49.2 Å². The number of nitrogens with zero attached hydrogens (tertiary/aromatic N) is 3. The fourth-order valence-electron chi connectivity index (χ4n) is 4.01. The fraction of sp³-hybridized carbons (Fsp3) is 0.435. The van der Waals surface area contributed by atoms with Crippen LogP contribution in [0.5, 0.6) is 0 Å². The van der Waals surface area contributed by atoms with Crippen LogP contribution in [-0.2, 0) is 4.79 Å². The molecule has 2 saturated heterocycles. The van der Waals surface area contributed by atoms with Crippen LogP contribution in [0.4, 0.5) is 19.0 Å². The van der Waals surface area contributed by atoms with Crippen molar-refractivity contribution in [3.63, 3.8) is 0 Å². The Balaban J connectivity index is 0.000000429. The number of piperidine rings is 1. The number of anilines is 1. The Morgan fingerprint density at radius 1 is 1.06 bits per heavy atom. The van der Waals surface area contributed by atoms with Gasteiger partial charge in [0.2, 0.25) is 0 Å². The number of carboxylic acids is 1. The molecule has 1 aromatic heterocycles. The summed E-state index contributed by atoms with van der Waals surface area (Å²) in [6.07, 6.45) is -1.97. The van der Waals surface area contributed by atoms with Gasteiger partial charge < -0.3 is 25.3 Å². The van der Waals surface area contributed by atoms with Crippen molar-refractivity contribution < 1.29 is 33.0 Å². The number of halogens is 4. The zero-order chi connectivity index (χ0) is 25.6. The maximum Gasteiger partial charge on any atom is 0.490 e. The number of carbonyl (C=O) groups excluding carboxylic acids is 1. The quantitative estimate of drug-likeness (QED) is 0.576. The second-order valence-electron chi connectivity index (χ2n) is 8.31. The highest BCUT2D eigenvalue weighted by atomic mass is 35.5. The second kappa shape index (κ2) is 11.7. The largest absolute Gasteiger partial charge is 0.490 e. The van der Waals surface area contributed by atoms with Gasteiger partial charge in [0, 0.05) is 49.0 Å². The van der Waals surface area contributed by atoms with Crippen LogP contribution in [0, 0.1) is 0 Å². The first kappa shape index (κ1) is 26.7. The van der Waals surface area contributed by atoms with E-state index in [9.17, 15) is 23.1 Å². The van der Waals surface area contributed by atoms with E-state index >= 15 is 0 Å². The van der Waals surface area contributed by atoms with Crippen LogP contribution in [0.25, 0.3) is 0 Å². The molecule has 2 aromatic rings. The van der Waals surface area contributed by atoms with E-state index < -0.39 is 18.2 Å². The van der Waals surface area contributed by atoms with Crippen LogP contribution >= 0.6 is 11.6 Å². The van der Waals surface area contributed by atoms with Crippen molar-refractivity contribution in [2.45, 2.75) is 37.2 Å². The highest BCUT2D eigenvalue weighted by molar-refractivity contribution is 6.30. The third kappa shape index (κ3) is 7.55. The predicted octanol–water partition coefficient (Wildman–Crippen LogP) is 2.81. The molecule has 4 rings (SSSR count). The summed E-state index contributed by atoms with van der Waals surface area (Å²) >= 11 is 5.90. The number of aliphatic carboxylic acids is 1. The minimum atomic E-state index is -5.08. The number of aliphatic hydroxyl groups excluding tert-OH is 1. The molecule has 2 fully saturated rings. The van der Waals surface area contributed by atoms with Gasteiger partial charge in [0.1, 0.15) is 5.82 Å². The molecule has 8 nitrogen and oxygen atoms in total. The first-order valence-electron chi connectivity index (χ1n) is 11.0. The van der Waals surface area contributed by atoms with Gasteiger partial charge >= 0.3 is 12.1 Å². The van der Waals surface area contributed by atoms with Crippen molar-refractivity contribution in [1.29, 1.82) is 0 Å². The molecule has 0 bridgehead atoms. The molecule has 2 atom stereocenters. The number of aliphatic hydroxyl groups is 1. The van der Waals surface area contributed by atoms with Gasteiger partial charge in [0.15, 0.2) is 0 Å². The number of carboxylic acid groups (broad SMARTS) is 1. The molecule has 190 valence electrons. The zero-order valence-corrected chi connectivity index (χ0v) is 19.4. The Labute approximate surface area is 205 Å². The Kier molecular flexibility index (Phi) is 8.92. The summed E-state index contributed by atoms with van der Waals surface area (Å²) in [5, 5.41) is 21.8. The monoisotopic (exact) mass is 514 g/mol. The van der Waals surface area contributed by atoms with Crippen LogP contribution in [0.1, 0.15) is 23.2 Å². The number of pyridine rings is 1. The molecular weight excluding hydrogens is 489 g/mol. The molecule has 2 aliphatic rings. The number of likely N-dealkylation sites (tertiary alicyclic amines) is 1. The molecule has 2 aliphatic heterocycles. The highest BCUT2D eigenvalue weighted by Crippen LogP contribution is 2.21. The van der Waals surface area contributed by atoms with E-state index in [-0.39, 0.29) is 11.9 Å². The Morgan fingerprint density at radius 2 is 1.69 bits per heavy atom. The number of benzene rings is 1. The fourth-order valence-corrected chi connectivity index (χ4v) is 4.13. The van der Waals surface area contributed by atoms with Crippen molar-refractivity contribution in [3.05, 3.63) is 59.2 Å². The number of hydrogen-bond acceptors (Lipinski definition) is 6. The minimum Gasteiger partial charge on any atom is -0.475 e. The average molecular weight is 515 g/mol. The van der Waals surface area contributed by atoms with Crippen molar-refractivity contribution in [2.75, 3.05) is 31.1 Å². The smallest absolute Gasteiger partial charge is 0.475 e. The first-order valence-corrected chi connectivity index (χ1v) is 11.4. The molecule has 12 heteroatoms. The molecule has 1 aromatic carbocycles. The van der Waals surface area contributed by atoms with Crippen LogP contribution < -0.4 is 10.2 Å². The number of β-amino-alcohol motifs (C(OH)–C–C–N with tert-alkyl or cyclic N) is 1. The van der Waals surface area contributed by atoms with Crippen LogP contribution in [0.2, 0.25) is 5.02 Å². The van der Waals surface area contributed by atoms with Gasteiger partial charge in [-0.25, -0.2) is 9.78 Å². The standard InChI is InChI=1S/C21H25ClN4O2.C2HF3O2/c22-16-6-4-15(5-7-16)21(28)25-11-8-17(9-12-25)24-18-13-26(14-19(18)27)20-3-1-2-10-23-20;3-2(4,5)1(6)7/h1-7,10,17-19,24,27H,8-9,11-14H2;(H,6,7)/t18?,19-;/m1./s1. The number of nitrogens with one attached hydrogen (secondary N) is 1. The SMILES string of the molecule is O=C(O)C(F)(F)F.O=C(c1ccc(Cl)cc1)N1CCC(NC2CN(c3ccccn3)C[C@H]2O)CC1. The highest BCUT2D eigenvalue weighted by Gasteiger charge is 2.38. The van der Waals surface area contributed by atoms with Gasteiger partial charge in [0.05, 0.1) is 12.1 Å². The zero-order valence-electron chi connectivity index (χ0n) is 18.7. The van der Waals surface area contributed by atoms with Crippen LogP contribution in [-0.4, -0.2) is 82.5 Å².